The number of carbonyl (C=O) groups excluding carboxylic acids is 3. The van der Waals surface area contributed by atoms with Gasteiger partial charge in [-0.05, 0) is 50.9 Å². The van der Waals surface area contributed by atoms with Gasteiger partial charge in [0, 0.05) is 17.3 Å². The molecule has 8 heteroatoms. The minimum absolute atomic E-state index is 0.00288. The van der Waals surface area contributed by atoms with Gasteiger partial charge in [-0.15, -0.1) is 11.8 Å². The van der Waals surface area contributed by atoms with Gasteiger partial charge in [-0.1, -0.05) is 58.9 Å². The molecule has 0 saturated carbocycles. The Labute approximate surface area is 232 Å². The van der Waals surface area contributed by atoms with Crippen LogP contribution in [0.3, 0.4) is 0 Å². The summed E-state index contributed by atoms with van der Waals surface area (Å²) < 4.78 is 4.75. The maximum Gasteiger partial charge on any atom is 0.311 e. The lowest BCUT2D eigenvalue weighted by Crippen LogP contribution is -2.60. The third kappa shape index (κ3) is 5.19. The Bertz CT molecular complexity index is 999. The maximum atomic E-state index is 14.7. The van der Waals surface area contributed by atoms with Crippen molar-refractivity contribution in [3.8, 4) is 0 Å². The van der Waals surface area contributed by atoms with E-state index in [0.29, 0.717) is 19.6 Å². The summed E-state index contributed by atoms with van der Waals surface area (Å²) in [5.41, 5.74) is -0.455. The number of cyclic esters (lactones) is 1. The molecule has 0 bridgehead atoms. The van der Waals surface area contributed by atoms with Crippen LogP contribution in [0.2, 0.25) is 0 Å². The lowest BCUT2D eigenvalue weighted by Gasteiger charge is -2.45. The highest BCUT2D eigenvalue weighted by Gasteiger charge is 2.72. The van der Waals surface area contributed by atoms with Crippen LogP contribution < -0.4 is 0 Å². The number of carbonyl (C=O) groups is 3. The number of aliphatic hydroxyl groups excluding tert-OH is 1. The van der Waals surface area contributed by atoms with Crippen LogP contribution in [0.25, 0.3) is 0 Å². The molecule has 2 saturated heterocycles. The van der Waals surface area contributed by atoms with Crippen LogP contribution in [0, 0.1) is 23.2 Å². The van der Waals surface area contributed by atoms with Gasteiger partial charge in [0.25, 0.3) is 0 Å². The van der Waals surface area contributed by atoms with E-state index in [4.69, 9.17) is 4.74 Å². The van der Waals surface area contributed by atoms with Crippen molar-refractivity contribution in [1.29, 1.82) is 0 Å². The highest BCUT2D eigenvalue weighted by molar-refractivity contribution is 8.02. The molecule has 4 aliphatic rings. The molecule has 6 atom stereocenters. The number of likely N-dealkylation sites (tertiary alicyclic amines) is 1. The van der Waals surface area contributed by atoms with Gasteiger partial charge in [0.1, 0.15) is 6.04 Å². The van der Waals surface area contributed by atoms with Crippen molar-refractivity contribution < 1.29 is 24.2 Å². The SMILES string of the molecule is CC(C)C[C@H](CO)N1C(=O)[C@@H]2[C@H]3C(=O)OCCC/C=C\[C@H]3S[C@@]23C=CCN(C(C)(C)CC(C)(C)C)C(=O)C13. The van der Waals surface area contributed by atoms with Gasteiger partial charge in [-0.25, -0.2) is 0 Å². The molecular weight excluding hydrogens is 500 g/mol. The largest absolute Gasteiger partial charge is 0.465 e. The van der Waals surface area contributed by atoms with Gasteiger partial charge in [-0.2, -0.15) is 0 Å². The summed E-state index contributed by atoms with van der Waals surface area (Å²) in [6.45, 7) is 15.4. The van der Waals surface area contributed by atoms with E-state index in [2.05, 4.69) is 54.5 Å². The first-order valence-electron chi connectivity index (χ1n) is 14.2. The Morgan fingerprint density at radius 2 is 1.84 bits per heavy atom. The number of fused-ring (bicyclic) bond motifs is 2. The number of amides is 2. The van der Waals surface area contributed by atoms with Crippen LogP contribution in [0.4, 0.5) is 0 Å². The summed E-state index contributed by atoms with van der Waals surface area (Å²) in [6, 6.07) is -1.30. The van der Waals surface area contributed by atoms with E-state index < -0.39 is 34.2 Å². The summed E-state index contributed by atoms with van der Waals surface area (Å²) in [5, 5.41) is 10.3. The van der Waals surface area contributed by atoms with Crippen LogP contribution in [-0.4, -0.2) is 80.1 Å². The molecule has 38 heavy (non-hydrogen) atoms. The molecule has 0 aliphatic carbocycles. The number of hydrogen-bond donors (Lipinski definition) is 1. The van der Waals surface area contributed by atoms with Crippen LogP contribution in [0.15, 0.2) is 24.3 Å². The molecule has 7 nitrogen and oxygen atoms in total. The minimum atomic E-state index is -0.900. The zero-order chi connectivity index (χ0) is 28.0. The van der Waals surface area contributed by atoms with Gasteiger partial charge in [0.05, 0.1) is 35.8 Å². The Morgan fingerprint density at radius 1 is 1.13 bits per heavy atom. The molecule has 0 aromatic carbocycles. The highest BCUT2D eigenvalue weighted by Crippen LogP contribution is 2.61. The molecule has 0 aromatic heterocycles. The smallest absolute Gasteiger partial charge is 0.311 e. The van der Waals surface area contributed by atoms with Gasteiger partial charge >= 0.3 is 5.97 Å². The molecule has 1 unspecified atom stereocenters. The van der Waals surface area contributed by atoms with E-state index in [9.17, 15) is 19.5 Å². The summed E-state index contributed by atoms with van der Waals surface area (Å²) in [5.74, 6) is -1.83. The molecule has 2 fully saturated rings. The number of ether oxygens (including phenoxy) is 1. The fraction of sp³-hybridized carbons (Fsp3) is 0.767. The van der Waals surface area contributed by atoms with Crippen molar-refractivity contribution in [3.63, 3.8) is 0 Å². The number of nitrogens with zero attached hydrogens (tertiary/aromatic N) is 2. The number of aliphatic hydroxyl groups is 1. The fourth-order valence-electron chi connectivity index (χ4n) is 7.34. The van der Waals surface area contributed by atoms with E-state index in [-0.39, 0.29) is 41.0 Å². The number of esters is 1. The average Bonchev–Trinajstić information content (AvgIpc) is 3.20. The van der Waals surface area contributed by atoms with Crippen LogP contribution in [-0.2, 0) is 19.1 Å². The van der Waals surface area contributed by atoms with Crippen LogP contribution in [0.1, 0.15) is 74.1 Å². The van der Waals surface area contributed by atoms with E-state index >= 15 is 0 Å². The predicted octanol–water partition coefficient (Wildman–Crippen LogP) is 4.20. The number of allylic oxidation sites excluding steroid dienone is 1. The summed E-state index contributed by atoms with van der Waals surface area (Å²) in [4.78, 5) is 46.1. The zero-order valence-corrected chi connectivity index (χ0v) is 24.9. The first-order valence-corrected chi connectivity index (χ1v) is 15.0. The van der Waals surface area contributed by atoms with Gasteiger partial charge in [0.2, 0.25) is 11.8 Å². The third-order valence-corrected chi connectivity index (χ3v) is 10.1. The van der Waals surface area contributed by atoms with Crippen LogP contribution in [0.5, 0.6) is 0 Å². The molecule has 4 aliphatic heterocycles. The average molecular weight is 547 g/mol. The number of hydrogen-bond acceptors (Lipinski definition) is 6. The van der Waals surface area contributed by atoms with Crippen molar-refractivity contribution in [3.05, 3.63) is 24.3 Å². The molecule has 212 valence electrons. The van der Waals surface area contributed by atoms with Gasteiger partial charge in [0.15, 0.2) is 0 Å². The fourth-order valence-corrected chi connectivity index (χ4v) is 9.33. The van der Waals surface area contributed by atoms with E-state index in [1.807, 2.05) is 23.1 Å². The number of rotatable bonds is 6. The Hall–Kier alpha value is -1.80. The van der Waals surface area contributed by atoms with Crippen molar-refractivity contribution in [2.24, 2.45) is 23.2 Å². The first-order chi connectivity index (χ1) is 17.7. The first kappa shape index (κ1) is 29.2. The molecule has 0 aromatic rings. The van der Waals surface area contributed by atoms with Gasteiger partial charge in [-0.3, -0.25) is 14.4 Å². The summed E-state index contributed by atoms with van der Waals surface area (Å²) in [6.07, 6.45) is 11.1. The topological polar surface area (TPSA) is 87.2 Å². The highest BCUT2D eigenvalue weighted by atomic mass is 32.2. The normalized spacial score (nSPS) is 33.7. The monoisotopic (exact) mass is 546 g/mol. The second kappa shape index (κ2) is 10.6. The summed E-state index contributed by atoms with van der Waals surface area (Å²) in [7, 11) is 0. The molecule has 4 heterocycles. The quantitative estimate of drug-likeness (QED) is 0.397. The molecule has 1 spiro atoms. The van der Waals surface area contributed by atoms with Crippen molar-refractivity contribution in [1.82, 2.24) is 9.80 Å². The Kier molecular flexibility index (Phi) is 8.17. The van der Waals surface area contributed by atoms with E-state index in [0.717, 1.165) is 19.3 Å². The van der Waals surface area contributed by atoms with E-state index in [1.165, 1.54) is 0 Å². The van der Waals surface area contributed by atoms with Crippen molar-refractivity contribution in [2.75, 3.05) is 19.8 Å². The second-order valence-electron chi connectivity index (χ2n) is 13.7. The Balaban J connectivity index is 1.85. The van der Waals surface area contributed by atoms with E-state index in [1.54, 1.807) is 16.7 Å². The van der Waals surface area contributed by atoms with Gasteiger partial charge < -0.3 is 19.6 Å². The minimum Gasteiger partial charge on any atom is -0.465 e. The third-order valence-electron chi connectivity index (χ3n) is 8.33. The van der Waals surface area contributed by atoms with Crippen LogP contribution >= 0.6 is 11.8 Å². The molecule has 2 amide bonds. The lowest BCUT2D eigenvalue weighted by molar-refractivity contribution is -0.154. The molecular formula is C30H46N2O5S. The predicted molar refractivity (Wildman–Crippen MR) is 150 cm³/mol. The zero-order valence-electron chi connectivity index (χ0n) is 24.1. The summed E-state index contributed by atoms with van der Waals surface area (Å²) >= 11 is 1.56. The number of thioether (sulfide) groups is 1. The molecule has 0 radical (unpaired) electrons. The van der Waals surface area contributed by atoms with Crippen molar-refractivity contribution >= 4 is 29.5 Å². The Morgan fingerprint density at radius 3 is 2.47 bits per heavy atom. The lowest BCUT2D eigenvalue weighted by atomic mass is 9.78. The molecule has 1 N–H and O–H groups in total. The van der Waals surface area contributed by atoms with Crippen molar-refractivity contribution in [2.45, 2.75) is 102 Å². The maximum absolute atomic E-state index is 14.7. The molecule has 4 rings (SSSR count). The standard InChI is InChI=1S/C30H46N2O5S/c1-19(2)16-20(17-33)32-24-26(35)31(29(6,7)18-28(3,4)5)14-11-13-30(24)23(25(32)34)22-21(38-30)12-9-8-10-15-37-27(22)36/h9,11-13,19-24,33H,8,10,14-18H2,1-7H3/b12-9-/t20-,21-,22+,23+,24?,30+/m1/s1. The second-order valence-corrected chi connectivity index (χ2v) is 15.2.